The van der Waals surface area contributed by atoms with Crippen molar-refractivity contribution in [2.75, 3.05) is 20.3 Å². The molecule has 2 aromatic rings. The van der Waals surface area contributed by atoms with Crippen LogP contribution in [-0.2, 0) is 11.3 Å². The standard InChI is InChI=1S/C12H15N3O2/c1-16-7-6-14-8-11-9-15-17-12(11)10-2-4-13-5-3-10/h2-5,9,14H,6-8H2,1H3. The van der Waals surface area contributed by atoms with Crippen molar-refractivity contribution in [2.24, 2.45) is 0 Å². The number of hydrogen-bond donors (Lipinski definition) is 1. The lowest BCUT2D eigenvalue weighted by Crippen LogP contribution is -2.18. The van der Waals surface area contributed by atoms with Gasteiger partial charge in [0.2, 0.25) is 0 Å². The molecular weight excluding hydrogens is 218 g/mol. The lowest BCUT2D eigenvalue weighted by Gasteiger charge is -2.03. The summed E-state index contributed by atoms with van der Waals surface area (Å²) in [5.41, 5.74) is 2.02. The van der Waals surface area contributed by atoms with E-state index in [1.807, 2.05) is 12.1 Å². The van der Waals surface area contributed by atoms with Gasteiger partial charge in [-0.1, -0.05) is 5.16 Å². The van der Waals surface area contributed by atoms with Crippen molar-refractivity contribution in [3.05, 3.63) is 36.3 Å². The van der Waals surface area contributed by atoms with E-state index in [0.29, 0.717) is 13.2 Å². The maximum absolute atomic E-state index is 5.26. The number of hydrogen-bond acceptors (Lipinski definition) is 5. The Balaban J connectivity index is 2.02. The van der Waals surface area contributed by atoms with Crippen LogP contribution in [0.25, 0.3) is 11.3 Å². The topological polar surface area (TPSA) is 60.2 Å². The van der Waals surface area contributed by atoms with E-state index in [2.05, 4.69) is 15.5 Å². The maximum Gasteiger partial charge on any atom is 0.171 e. The SMILES string of the molecule is COCCNCc1cnoc1-c1ccncc1. The number of ether oxygens (including phenoxy) is 1. The van der Waals surface area contributed by atoms with Crippen LogP contribution in [-0.4, -0.2) is 30.4 Å². The molecule has 1 N–H and O–H groups in total. The zero-order valence-electron chi connectivity index (χ0n) is 9.72. The molecular formula is C12H15N3O2. The van der Waals surface area contributed by atoms with E-state index in [0.717, 1.165) is 23.4 Å². The fraction of sp³-hybridized carbons (Fsp3) is 0.333. The molecule has 0 radical (unpaired) electrons. The Kier molecular flexibility index (Phi) is 4.23. The molecule has 0 fully saturated rings. The van der Waals surface area contributed by atoms with Crippen LogP contribution in [0.2, 0.25) is 0 Å². The van der Waals surface area contributed by atoms with Crippen molar-refractivity contribution in [3.63, 3.8) is 0 Å². The lowest BCUT2D eigenvalue weighted by molar-refractivity contribution is 0.199. The fourth-order valence-corrected chi connectivity index (χ4v) is 1.52. The molecule has 0 unspecified atom stereocenters. The average Bonchev–Trinajstić information content (AvgIpc) is 2.84. The Morgan fingerprint density at radius 1 is 1.35 bits per heavy atom. The van der Waals surface area contributed by atoms with Gasteiger partial charge in [0.1, 0.15) is 0 Å². The quantitative estimate of drug-likeness (QED) is 0.766. The van der Waals surface area contributed by atoms with Gasteiger partial charge < -0.3 is 14.6 Å². The summed E-state index contributed by atoms with van der Waals surface area (Å²) in [7, 11) is 1.68. The average molecular weight is 233 g/mol. The summed E-state index contributed by atoms with van der Waals surface area (Å²) < 4.78 is 10.2. The Bertz CT molecular complexity index is 442. The van der Waals surface area contributed by atoms with Gasteiger partial charge >= 0.3 is 0 Å². The highest BCUT2D eigenvalue weighted by Gasteiger charge is 2.09. The summed E-state index contributed by atoms with van der Waals surface area (Å²) in [6.45, 7) is 2.21. The summed E-state index contributed by atoms with van der Waals surface area (Å²) in [5, 5.41) is 7.09. The highest BCUT2D eigenvalue weighted by molar-refractivity contribution is 5.59. The minimum absolute atomic E-state index is 0.690. The molecule has 0 saturated carbocycles. The lowest BCUT2D eigenvalue weighted by atomic mass is 10.1. The Labute approximate surface area is 99.8 Å². The van der Waals surface area contributed by atoms with Crippen LogP contribution < -0.4 is 5.32 Å². The number of nitrogens with zero attached hydrogens (tertiary/aromatic N) is 2. The molecule has 0 amide bonds. The van der Waals surface area contributed by atoms with Crippen molar-refractivity contribution >= 4 is 0 Å². The zero-order valence-corrected chi connectivity index (χ0v) is 9.72. The molecule has 0 atom stereocenters. The van der Waals surface area contributed by atoms with E-state index in [1.54, 1.807) is 25.7 Å². The molecule has 0 aromatic carbocycles. The second kappa shape index (κ2) is 6.12. The molecule has 0 saturated heterocycles. The first kappa shape index (κ1) is 11.8. The summed E-state index contributed by atoms with van der Waals surface area (Å²) >= 11 is 0. The van der Waals surface area contributed by atoms with Gasteiger partial charge in [0, 0.05) is 43.7 Å². The largest absolute Gasteiger partial charge is 0.383 e. The van der Waals surface area contributed by atoms with Crippen molar-refractivity contribution in [1.82, 2.24) is 15.5 Å². The van der Waals surface area contributed by atoms with E-state index >= 15 is 0 Å². The summed E-state index contributed by atoms with van der Waals surface area (Å²) in [4.78, 5) is 3.98. The van der Waals surface area contributed by atoms with Gasteiger partial charge in [0.25, 0.3) is 0 Å². The zero-order chi connectivity index (χ0) is 11.9. The second-order valence-electron chi connectivity index (χ2n) is 3.59. The Morgan fingerprint density at radius 3 is 2.94 bits per heavy atom. The van der Waals surface area contributed by atoms with Crippen LogP contribution in [0.5, 0.6) is 0 Å². The van der Waals surface area contributed by atoms with Crippen molar-refractivity contribution in [2.45, 2.75) is 6.54 Å². The molecule has 0 aliphatic rings. The molecule has 2 rings (SSSR count). The highest BCUT2D eigenvalue weighted by Crippen LogP contribution is 2.22. The summed E-state index contributed by atoms with van der Waals surface area (Å²) in [6, 6.07) is 3.80. The van der Waals surface area contributed by atoms with Gasteiger partial charge in [-0.25, -0.2) is 0 Å². The van der Waals surface area contributed by atoms with E-state index < -0.39 is 0 Å². The van der Waals surface area contributed by atoms with Crippen LogP contribution in [0, 0.1) is 0 Å². The smallest absolute Gasteiger partial charge is 0.171 e. The van der Waals surface area contributed by atoms with Crippen molar-refractivity contribution in [1.29, 1.82) is 0 Å². The molecule has 0 spiro atoms. The van der Waals surface area contributed by atoms with Crippen LogP contribution in [0.1, 0.15) is 5.56 Å². The van der Waals surface area contributed by atoms with Crippen LogP contribution in [0.15, 0.2) is 35.2 Å². The second-order valence-corrected chi connectivity index (χ2v) is 3.59. The van der Waals surface area contributed by atoms with E-state index in [9.17, 15) is 0 Å². The van der Waals surface area contributed by atoms with Gasteiger partial charge in [0.15, 0.2) is 5.76 Å². The number of pyridine rings is 1. The molecule has 0 bridgehead atoms. The predicted octanol–water partition coefficient (Wildman–Crippen LogP) is 1.47. The van der Waals surface area contributed by atoms with Gasteiger partial charge in [-0.05, 0) is 12.1 Å². The van der Waals surface area contributed by atoms with Gasteiger partial charge in [-0.15, -0.1) is 0 Å². The number of nitrogens with one attached hydrogen (secondary N) is 1. The maximum atomic E-state index is 5.26. The third-order valence-corrected chi connectivity index (χ3v) is 2.39. The van der Waals surface area contributed by atoms with Crippen LogP contribution in [0.4, 0.5) is 0 Å². The minimum Gasteiger partial charge on any atom is -0.383 e. The fourth-order valence-electron chi connectivity index (χ4n) is 1.52. The number of aromatic nitrogens is 2. The molecule has 0 aliphatic carbocycles. The van der Waals surface area contributed by atoms with Gasteiger partial charge in [-0.3, -0.25) is 4.98 Å². The first-order valence-electron chi connectivity index (χ1n) is 5.45. The molecule has 17 heavy (non-hydrogen) atoms. The minimum atomic E-state index is 0.690. The monoisotopic (exact) mass is 233 g/mol. The van der Waals surface area contributed by atoms with Crippen LogP contribution >= 0.6 is 0 Å². The third-order valence-electron chi connectivity index (χ3n) is 2.39. The highest BCUT2D eigenvalue weighted by atomic mass is 16.5. The normalized spacial score (nSPS) is 10.6. The van der Waals surface area contributed by atoms with Gasteiger partial charge in [0.05, 0.1) is 12.8 Å². The molecule has 5 nitrogen and oxygen atoms in total. The first-order valence-corrected chi connectivity index (χ1v) is 5.45. The first-order chi connectivity index (χ1) is 8.42. The summed E-state index contributed by atoms with van der Waals surface area (Å²) in [6.07, 6.45) is 5.20. The van der Waals surface area contributed by atoms with Crippen molar-refractivity contribution in [3.8, 4) is 11.3 Å². The van der Waals surface area contributed by atoms with E-state index in [-0.39, 0.29) is 0 Å². The molecule has 0 aliphatic heterocycles. The molecule has 5 heteroatoms. The Hall–Kier alpha value is -1.72. The van der Waals surface area contributed by atoms with E-state index in [4.69, 9.17) is 9.26 Å². The van der Waals surface area contributed by atoms with Crippen LogP contribution in [0.3, 0.4) is 0 Å². The van der Waals surface area contributed by atoms with Crippen molar-refractivity contribution < 1.29 is 9.26 Å². The Morgan fingerprint density at radius 2 is 2.18 bits per heavy atom. The summed E-state index contributed by atoms with van der Waals surface area (Å²) in [5.74, 6) is 0.789. The van der Waals surface area contributed by atoms with E-state index in [1.165, 1.54) is 0 Å². The number of methoxy groups -OCH3 is 1. The number of rotatable bonds is 6. The predicted molar refractivity (Wildman–Crippen MR) is 63.3 cm³/mol. The molecule has 90 valence electrons. The third kappa shape index (κ3) is 3.12. The molecule has 2 aromatic heterocycles. The van der Waals surface area contributed by atoms with Gasteiger partial charge in [-0.2, -0.15) is 0 Å². The molecule has 2 heterocycles.